The number of carbonyl (C=O) groups excluding carboxylic acids is 1. The number of rotatable bonds is 7. The predicted molar refractivity (Wildman–Crippen MR) is 109 cm³/mol. The molecule has 1 amide bonds. The van der Waals surface area contributed by atoms with Crippen LogP contribution in [-0.2, 0) is 11.3 Å². The number of thiazole rings is 1. The van der Waals surface area contributed by atoms with Crippen LogP contribution in [0.4, 0.5) is 0 Å². The molecule has 0 fully saturated rings. The Morgan fingerprint density at radius 3 is 2.71 bits per heavy atom. The largest absolute Gasteiger partial charge is 0.497 e. The lowest BCUT2D eigenvalue weighted by Gasteiger charge is -2.05. The van der Waals surface area contributed by atoms with Crippen LogP contribution >= 0.6 is 11.3 Å². The van der Waals surface area contributed by atoms with Gasteiger partial charge in [-0.05, 0) is 37.3 Å². The zero-order valence-electron chi connectivity index (χ0n) is 15.7. The van der Waals surface area contributed by atoms with Gasteiger partial charge >= 0.3 is 0 Å². The summed E-state index contributed by atoms with van der Waals surface area (Å²) in [5, 5.41) is 0. The second-order valence-electron chi connectivity index (χ2n) is 5.71. The topological polar surface area (TPSA) is 62.1 Å². The van der Waals surface area contributed by atoms with E-state index in [2.05, 4.69) is 10.9 Å². The first-order valence-corrected chi connectivity index (χ1v) is 9.50. The minimum absolute atomic E-state index is 0.179. The van der Waals surface area contributed by atoms with Gasteiger partial charge in [0.15, 0.2) is 11.4 Å². The highest BCUT2D eigenvalue weighted by molar-refractivity contribution is 7.16. The summed E-state index contributed by atoms with van der Waals surface area (Å²) in [6.07, 6.45) is 5.50. The second kappa shape index (κ2) is 9.11. The number of fused-ring (bicyclic) bond motifs is 1. The molecule has 3 aromatic rings. The second-order valence-corrected chi connectivity index (χ2v) is 6.72. The molecule has 7 heteroatoms. The molecule has 0 bridgehead atoms. The molecule has 1 aromatic heterocycles. The molecule has 0 radical (unpaired) electrons. The van der Waals surface area contributed by atoms with Crippen LogP contribution in [0.5, 0.6) is 17.2 Å². The Balaban J connectivity index is 1.85. The Hall–Kier alpha value is -3.24. The molecule has 0 saturated heterocycles. The minimum Gasteiger partial charge on any atom is -0.497 e. The molecule has 0 N–H and O–H groups in total. The number of carbonyl (C=O) groups is 1. The highest BCUT2D eigenvalue weighted by Crippen LogP contribution is 2.23. The molecule has 2 aromatic carbocycles. The lowest BCUT2D eigenvalue weighted by molar-refractivity contribution is -0.120. The van der Waals surface area contributed by atoms with E-state index in [1.165, 1.54) is 11.3 Å². The van der Waals surface area contributed by atoms with E-state index in [4.69, 9.17) is 20.6 Å². The van der Waals surface area contributed by atoms with Crippen molar-refractivity contribution in [2.75, 3.05) is 20.3 Å². The van der Waals surface area contributed by atoms with Crippen molar-refractivity contribution in [3.05, 3.63) is 47.3 Å². The fraction of sp³-hybridized carbons (Fsp3) is 0.238. The van der Waals surface area contributed by atoms with Crippen LogP contribution in [0.15, 0.2) is 47.5 Å². The van der Waals surface area contributed by atoms with E-state index in [9.17, 15) is 4.79 Å². The van der Waals surface area contributed by atoms with E-state index in [1.54, 1.807) is 31.4 Å². The highest BCUT2D eigenvalue weighted by Gasteiger charge is 2.09. The van der Waals surface area contributed by atoms with Gasteiger partial charge in [0.1, 0.15) is 17.2 Å². The number of methoxy groups -OCH3 is 1. The van der Waals surface area contributed by atoms with E-state index in [0.29, 0.717) is 29.5 Å². The van der Waals surface area contributed by atoms with Crippen LogP contribution in [0.2, 0.25) is 0 Å². The molecule has 0 aliphatic heterocycles. The SMILES string of the molecule is C#CCn1c(=NC(=O)COc2cccc(OC)c2)sc2cc(OCC)ccc21. The molecule has 0 aliphatic rings. The summed E-state index contributed by atoms with van der Waals surface area (Å²) in [4.78, 5) is 17.1. The Morgan fingerprint density at radius 2 is 1.96 bits per heavy atom. The molecule has 6 nitrogen and oxygen atoms in total. The number of amides is 1. The van der Waals surface area contributed by atoms with Crippen molar-refractivity contribution in [3.8, 4) is 29.6 Å². The number of hydrogen-bond acceptors (Lipinski definition) is 5. The maximum absolute atomic E-state index is 12.3. The average molecular weight is 396 g/mol. The van der Waals surface area contributed by atoms with Crippen molar-refractivity contribution in [3.63, 3.8) is 0 Å². The first-order valence-electron chi connectivity index (χ1n) is 8.68. The van der Waals surface area contributed by atoms with E-state index in [0.717, 1.165) is 16.0 Å². The third-order valence-corrected chi connectivity index (χ3v) is 4.88. The summed E-state index contributed by atoms with van der Waals surface area (Å²) in [5.41, 5.74) is 0.909. The maximum Gasteiger partial charge on any atom is 0.286 e. The third-order valence-electron chi connectivity index (χ3n) is 3.84. The molecule has 1 heterocycles. The number of benzene rings is 2. The molecular formula is C21H20N2O4S. The quantitative estimate of drug-likeness (QED) is 0.575. The number of hydrogen-bond donors (Lipinski definition) is 0. The summed E-state index contributed by atoms with van der Waals surface area (Å²) in [5.74, 6) is 4.17. The number of nitrogens with zero attached hydrogens (tertiary/aromatic N) is 2. The number of aromatic nitrogens is 1. The molecule has 0 aliphatic carbocycles. The van der Waals surface area contributed by atoms with Crippen molar-refractivity contribution >= 4 is 27.5 Å². The van der Waals surface area contributed by atoms with Gasteiger partial charge in [0.25, 0.3) is 5.91 Å². The Labute approximate surface area is 167 Å². The Morgan fingerprint density at radius 1 is 1.18 bits per heavy atom. The fourth-order valence-corrected chi connectivity index (χ4v) is 3.69. The van der Waals surface area contributed by atoms with Gasteiger partial charge in [0.05, 0.1) is 30.5 Å². The van der Waals surface area contributed by atoms with Crippen LogP contribution in [0, 0.1) is 12.3 Å². The summed E-state index contributed by atoms with van der Waals surface area (Å²) in [6.45, 7) is 2.65. The fourth-order valence-electron chi connectivity index (χ4n) is 2.61. The van der Waals surface area contributed by atoms with Gasteiger partial charge in [-0.1, -0.05) is 23.3 Å². The minimum atomic E-state index is -0.398. The standard InChI is InChI=1S/C21H20N2O4S/c1-4-11-23-18-10-9-17(26-5-2)13-19(18)28-21(23)22-20(24)14-27-16-8-6-7-15(12-16)25-3/h1,6-10,12-13H,5,11,14H2,2-3H3. The predicted octanol–water partition coefficient (Wildman–Crippen LogP) is 3.25. The summed E-state index contributed by atoms with van der Waals surface area (Å²) < 4.78 is 19.0. The van der Waals surface area contributed by atoms with Crippen molar-refractivity contribution in [2.24, 2.45) is 4.99 Å². The zero-order chi connectivity index (χ0) is 19.9. The molecule has 28 heavy (non-hydrogen) atoms. The van der Waals surface area contributed by atoms with Gasteiger partial charge in [0.2, 0.25) is 0 Å². The zero-order valence-corrected chi connectivity index (χ0v) is 16.5. The number of ether oxygens (including phenoxy) is 3. The van der Waals surface area contributed by atoms with Crippen LogP contribution in [-0.4, -0.2) is 30.8 Å². The molecule has 0 saturated carbocycles. The monoisotopic (exact) mass is 396 g/mol. The molecule has 0 atom stereocenters. The van der Waals surface area contributed by atoms with Gasteiger partial charge in [-0.25, -0.2) is 0 Å². The van der Waals surface area contributed by atoms with Crippen LogP contribution in [0.1, 0.15) is 6.92 Å². The van der Waals surface area contributed by atoms with Crippen LogP contribution in [0.25, 0.3) is 10.2 Å². The van der Waals surface area contributed by atoms with Gasteiger partial charge < -0.3 is 18.8 Å². The summed E-state index contributed by atoms with van der Waals surface area (Å²) in [6, 6.07) is 12.8. The van der Waals surface area contributed by atoms with Gasteiger partial charge in [0, 0.05) is 6.07 Å². The maximum atomic E-state index is 12.3. The molecular weight excluding hydrogens is 376 g/mol. The van der Waals surface area contributed by atoms with E-state index < -0.39 is 5.91 Å². The van der Waals surface area contributed by atoms with Crippen molar-refractivity contribution in [2.45, 2.75) is 13.5 Å². The third kappa shape index (κ3) is 4.53. The summed E-state index contributed by atoms with van der Waals surface area (Å²) in [7, 11) is 1.57. The number of terminal acetylenes is 1. The Bertz CT molecular complexity index is 1090. The van der Waals surface area contributed by atoms with Crippen LogP contribution in [0.3, 0.4) is 0 Å². The highest BCUT2D eigenvalue weighted by atomic mass is 32.1. The first-order chi connectivity index (χ1) is 13.6. The van der Waals surface area contributed by atoms with Crippen molar-refractivity contribution in [1.29, 1.82) is 0 Å². The van der Waals surface area contributed by atoms with Crippen LogP contribution < -0.4 is 19.0 Å². The smallest absolute Gasteiger partial charge is 0.286 e. The van der Waals surface area contributed by atoms with Gasteiger partial charge in [-0.2, -0.15) is 4.99 Å². The van der Waals surface area contributed by atoms with Gasteiger partial charge in [-0.15, -0.1) is 6.42 Å². The molecule has 3 rings (SSSR count). The molecule has 0 unspecified atom stereocenters. The van der Waals surface area contributed by atoms with E-state index >= 15 is 0 Å². The summed E-state index contributed by atoms with van der Waals surface area (Å²) >= 11 is 1.38. The van der Waals surface area contributed by atoms with E-state index in [1.807, 2.05) is 29.7 Å². The average Bonchev–Trinajstić information content (AvgIpc) is 3.03. The molecule has 0 spiro atoms. The normalized spacial score (nSPS) is 11.2. The molecule has 144 valence electrons. The lowest BCUT2D eigenvalue weighted by Crippen LogP contribution is -2.19. The Kier molecular flexibility index (Phi) is 6.35. The van der Waals surface area contributed by atoms with Crippen molar-refractivity contribution in [1.82, 2.24) is 4.57 Å². The van der Waals surface area contributed by atoms with E-state index in [-0.39, 0.29) is 6.61 Å². The van der Waals surface area contributed by atoms with Crippen molar-refractivity contribution < 1.29 is 19.0 Å². The lowest BCUT2D eigenvalue weighted by atomic mass is 10.3. The first kappa shape index (κ1) is 19.5. The van der Waals surface area contributed by atoms with Gasteiger partial charge in [-0.3, -0.25) is 4.79 Å².